The van der Waals surface area contributed by atoms with E-state index < -0.39 is 5.56 Å². The first-order valence-electron chi connectivity index (χ1n) is 11.8. The van der Waals surface area contributed by atoms with E-state index in [0.717, 1.165) is 34.9 Å². The molecule has 1 aliphatic carbocycles. The van der Waals surface area contributed by atoms with Gasteiger partial charge in [-0.3, -0.25) is 4.79 Å². The highest BCUT2D eigenvalue weighted by Gasteiger charge is 2.17. The van der Waals surface area contributed by atoms with Crippen molar-refractivity contribution in [2.24, 2.45) is 0 Å². The summed E-state index contributed by atoms with van der Waals surface area (Å²) in [6.45, 7) is 1.90. The molecule has 0 unspecified atom stereocenters. The van der Waals surface area contributed by atoms with Crippen molar-refractivity contribution in [2.45, 2.75) is 51.4 Å². The molecule has 0 spiro atoms. The minimum atomic E-state index is -0.571. The number of nitrogens with zero attached hydrogens (tertiary/aromatic N) is 3. The molecule has 1 saturated carbocycles. The maximum atomic E-state index is 13.4. The van der Waals surface area contributed by atoms with E-state index in [1.807, 2.05) is 10.8 Å². The first kappa shape index (κ1) is 22.6. The van der Waals surface area contributed by atoms with Crippen molar-refractivity contribution in [2.75, 3.05) is 13.2 Å². The van der Waals surface area contributed by atoms with Crippen LogP contribution in [0.15, 0.2) is 53.7 Å². The number of rotatable bonds is 8. The van der Waals surface area contributed by atoms with E-state index in [2.05, 4.69) is 4.98 Å². The van der Waals surface area contributed by atoms with Crippen LogP contribution in [0, 0.1) is 5.82 Å². The molecule has 1 fully saturated rings. The molecular weight excluding hydrogens is 437 g/mol. The van der Waals surface area contributed by atoms with E-state index in [4.69, 9.17) is 9.47 Å². The minimum absolute atomic E-state index is 0.193. The van der Waals surface area contributed by atoms with Crippen molar-refractivity contribution < 1.29 is 19.1 Å². The average molecular weight is 466 g/mol. The van der Waals surface area contributed by atoms with E-state index in [-0.39, 0.29) is 11.3 Å². The van der Waals surface area contributed by atoms with Crippen LogP contribution < -0.4 is 5.56 Å². The van der Waals surface area contributed by atoms with Crippen molar-refractivity contribution in [1.29, 1.82) is 0 Å². The fourth-order valence-electron chi connectivity index (χ4n) is 4.76. The van der Waals surface area contributed by atoms with Crippen molar-refractivity contribution in [3.8, 4) is 0 Å². The fourth-order valence-corrected chi connectivity index (χ4v) is 4.76. The van der Waals surface area contributed by atoms with Crippen molar-refractivity contribution >= 4 is 21.8 Å². The van der Waals surface area contributed by atoms with Gasteiger partial charge in [-0.15, -0.1) is 0 Å². The maximum absolute atomic E-state index is 13.4. The highest BCUT2D eigenvalue weighted by molar-refractivity contribution is 6.06. The number of aromatic nitrogens is 3. The zero-order chi connectivity index (χ0) is 23.5. The highest BCUT2D eigenvalue weighted by atomic mass is 19.1. The summed E-state index contributed by atoms with van der Waals surface area (Å²) in [6.07, 6.45) is 11.3. The smallest absolute Gasteiger partial charge is 0.309 e. The lowest BCUT2D eigenvalue weighted by atomic mass is 9.98. The number of ether oxygens (including phenoxy) is 2. The third-order valence-corrected chi connectivity index (χ3v) is 6.49. The van der Waals surface area contributed by atoms with Crippen LogP contribution >= 0.6 is 0 Å². The summed E-state index contributed by atoms with van der Waals surface area (Å²) in [5.74, 6) is -0.279. The predicted octanol–water partition coefficient (Wildman–Crippen LogP) is 4.64. The van der Waals surface area contributed by atoms with Crippen LogP contribution in [-0.2, 0) is 22.6 Å². The van der Waals surface area contributed by atoms with Crippen LogP contribution in [0.5, 0.6) is 0 Å². The molecule has 178 valence electrons. The Labute approximate surface area is 196 Å². The summed E-state index contributed by atoms with van der Waals surface area (Å²) in [6, 6.07) is 8.06. The van der Waals surface area contributed by atoms with Gasteiger partial charge in [0, 0.05) is 35.3 Å². The van der Waals surface area contributed by atoms with Gasteiger partial charge in [0.2, 0.25) is 0 Å². The highest BCUT2D eigenvalue weighted by Crippen LogP contribution is 2.29. The summed E-state index contributed by atoms with van der Waals surface area (Å²) < 4.78 is 27.8. The number of halogens is 1. The van der Waals surface area contributed by atoms with Gasteiger partial charge in [-0.2, -0.15) is 4.73 Å². The van der Waals surface area contributed by atoms with Crippen LogP contribution in [0.2, 0.25) is 0 Å². The Kier molecular flexibility index (Phi) is 6.60. The van der Waals surface area contributed by atoms with E-state index in [1.54, 1.807) is 24.4 Å². The monoisotopic (exact) mass is 465 g/mol. The molecule has 0 saturated heterocycles. The first-order valence-corrected chi connectivity index (χ1v) is 11.8. The quantitative estimate of drug-likeness (QED) is 0.303. The lowest BCUT2D eigenvalue weighted by molar-refractivity contribution is -0.0135. The number of benzene rings is 1. The molecule has 34 heavy (non-hydrogen) atoms. The molecule has 0 atom stereocenters. The molecule has 0 bridgehead atoms. The Balaban J connectivity index is 1.41. The topological polar surface area (TPSA) is 78.5 Å². The Hall–Kier alpha value is -3.23. The lowest BCUT2D eigenvalue weighted by Gasteiger charge is -2.21. The largest absolute Gasteiger partial charge is 0.425 e. The second-order valence-electron chi connectivity index (χ2n) is 8.84. The molecule has 0 amide bonds. The number of hydrogen-bond donors (Lipinski definition) is 1. The summed E-state index contributed by atoms with van der Waals surface area (Å²) in [7, 11) is 0. The zero-order valence-electron chi connectivity index (χ0n) is 19.0. The van der Waals surface area contributed by atoms with Crippen LogP contribution in [0.3, 0.4) is 0 Å². The average Bonchev–Trinajstić information content (AvgIpc) is 3.21. The predicted molar refractivity (Wildman–Crippen MR) is 127 cm³/mol. The molecule has 3 aromatic heterocycles. The number of pyridine rings is 2. The van der Waals surface area contributed by atoms with Crippen LogP contribution in [0.25, 0.3) is 21.8 Å². The Morgan fingerprint density at radius 1 is 1.09 bits per heavy atom. The van der Waals surface area contributed by atoms with E-state index in [0.29, 0.717) is 42.6 Å². The SMILES string of the molecule is O=c1c2ncc3c(c(COCCOC4CCCCC4)cn3Cc3ccc(F)cc3)c2ccn1O. The molecule has 1 N–H and O–H groups in total. The number of fused-ring (bicyclic) bond motifs is 3. The lowest BCUT2D eigenvalue weighted by Crippen LogP contribution is -2.19. The Morgan fingerprint density at radius 2 is 1.88 bits per heavy atom. The van der Waals surface area contributed by atoms with Crippen LogP contribution in [0.4, 0.5) is 4.39 Å². The molecule has 7 nitrogen and oxygen atoms in total. The van der Waals surface area contributed by atoms with E-state index in [9.17, 15) is 14.4 Å². The van der Waals surface area contributed by atoms with Gasteiger partial charge in [-0.25, -0.2) is 9.37 Å². The zero-order valence-corrected chi connectivity index (χ0v) is 19.0. The molecular formula is C26H28FN3O4. The first-order chi connectivity index (χ1) is 16.6. The van der Waals surface area contributed by atoms with Gasteiger partial charge in [-0.05, 0) is 36.6 Å². The fraction of sp³-hybridized carbons (Fsp3) is 0.385. The standard InChI is InChI=1S/C26H28FN3O4/c27-20-8-6-18(7-9-20)15-29-16-19(17-33-12-13-34-21-4-2-1-3-5-21)24-22-10-11-30(32)26(31)25(22)28-14-23(24)29/h6-11,14,16,21,32H,1-5,12-13,15,17H2. The van der Waals surface area contributed by atoms with Gasteiger partial charge in [-0.1, -0.05) is 31.4 Å². The Bertz CT molecular complexity index is 1340. The van der Waals surface area contributed by atoms with Gasteiger partial charge >= 0.3 is 5.56 Å². The van der Waals surface area contributed by atoms with Gasteiger partial charge in [0.05, 0.1) is 37.6 Å². The third-order valence-electron chi connectivity index (χ3n) is 6.49. The molecule has 8 heteroatoms. The van der Waals surface area contributed by atoms with Gasteiger partial charge in [0.1, 0.15) is 11.3 Å². The van der Waals surface area contributed by atoms with Gasteiger partial charge in [0.25, 0.3) is 0 Å². The Morgan fingerprint density at radius 3 is 2.68 bits per heavy atom. The minimum Gasteiger partial charge on any atom is -0.425 e. The van der Waals surface area contributed by atoms with Crippen molar-refractivity contribution in [3.63, 3.8) is 0 Å². The van der Waals surface area contributed by atoms with E-state index >= 15 is 0 Å². The molecule has 1 aromatic carbocycles. The summed E-state index contributed by atoms with van der Waals surface area (Å²) in [4.78, 5) is 16.7. The maximum Gasteiger partial charge on any atom is 0.309 e. The molecule has 5 rings (SSSR count). The van der Waals surface area contributed by atoms with E-state index in [1.165, 1.54) is 37.6 Å². The third kappa shape index (κ3) is 4.69. The summed E-state index contributed by atoms with van der Waals surface area (Å²) in [5.41, 5.74) is 2.32. The molecule has 1 aliphatic rings. The second-order valence-corrected chi connectivity index (χ2v) is 8.84. The van der Waals surface area contributed by atoms with Crippen molar-refractivity contribution in [1.82, 2.24) is 14.3 Å². The summed E-state index contributed by atoms with van der Waals surface area (Å²) >= 11 is 0. The molecule has 4 aromatic rings. The van der Waals surface area contributed by atoms with Crippen LogP contribution in [-0.4, -0.2) is 38.8 Å². The second kappa shape index (κ2) is 9.95. The molecule has 3 heterocycles. The molecule has 0 aliphatic heterocycles. The van der Waals surface area contributed by atoms with Gasteiger partial charge in [0.15, 0.2) is 0 Å². The van der Waals surface area contributed by atoms with Gasteiger partial charge < -0.3 is 19.2 Å². The van der Waals surface area contributed by atoms with Crippen molar-refractivity contribution in [3.05, 3.63) is 76.2 Å². The summed E-state index contributed by atoms with van der Waals surface area (Å²) in [5, 5.41) is 11.3. The van der Waals surface area contributed by atoms with Crippen LogP contribution in [0.1, 0.15) is 43.2 Å². The molecule has 0 radical (unpaired) electrons. The normalized spacial score (nSPS) is 14.9. The number of hydrogen-bond acceptors (Lipinski definition) is 5.